The molecule has 1 heterocycles. The summed E-state index contributed by atoms with van der Waals surface area (Å²) in [5, 5.41) is 0. The van der Waals surface area contributed by atoms with Crippen LogP contribution in [0.15, 0.2) is 12.1 Å². The van der Waals surface area contributed by atoms with E-state index in [9.17, 15) is 0 Å². The monoisotopic (exact) mass is 233 g/mol. The van der Waals surface area contributed by atoms with Gasteiger partial charge in [0.2, 0.25) is 0 Å². The van der Waals surface area contributed by atoms with Crippen molar-refractivity contribution < 1.29 is 9.47 Å². The third-order valence-corrected chi connectivity index (χ3v) is 3.71. The average molecular weight is 233 g/mol. The standard InChI is InChI=1S/C14H19NO2/c1-10-11(9-14(15)5-6-14)3-4-12-13(10)17-8-2-7-16-12/h3-4H,2,5-9,15H2,1H3. The van der Waals surface area contributed by atoms with Crippen molar-refractivity contribution in [2.24, 2.45) is 5.73 Å². The zero-order valence-corrected chi connectivity index (χ0v) is 10.3. The number of ether oxygens (including phenoxy) is 2. The van der Waals surface area contributed by atoms with E-state index >= 15 is 0 Å². The van der Waals surface area contributed by atoms with Crippen molar-refractivity contribution in [1.82, 2.24) is 0 Å². The lowest BCUT2D eigenvalue weighted by Gasteiger charge is -2.16. The molecule has 1 aliphatic carbocycles. The van der Waals surface area contributed by atoms with Crippen LogP contribution in [0.4, 0.5) is 0 Å². The molecule has 1 aliphatic heterocycles. The summed E-state index contributed by atoms with van der Waals surface area (Å²) >= 11 is 0. The van der Waals surface area contributed by atoms with Gasteiger partial charge in [0.1, 0.15) is 0 Å². The molecule has 0 spiro atoms. The molecule has 1 fully saturated rings. The lowest BCUT2D eigenvalue weighted by Crippen LogP contribution is -2.25. The molecule has 2 N–H and O–H groups in total. The van der Waals surface area contributed by atoms with Crippen LogP contribution in [0.3, 0.4) is 0 Å². The first-order chi connectivity index (χ1) is 8.18. The molecule has 17 heavy (non-hydrogen) atoms. The van der Waals surface area contributed by atoms with Crippen molar-refractivity contribution in [2.45, 2.75) is 38.1 Å². The summed E-state index contributed by atoms with van der Waals surface area (Å²) in [4.78, 5) is 0. The Morgan fingerprint density at radius 1 is 1.24 bits per heavy atom. The van der Waals surface area contributed by atoms with Gasteiger partial charge in [-0.1, -0.05) is 6.07 Å². The largest absolute Gasteiger partial charge is 0.490 e. The van der Waals surface area contributed by atoms with Gasteiger partial charge in [0.05, 0.1) is 13.2 Å². The summed E-state index contributed by atoms with van der Waals surface area (Å²) in [5.41, 5.74) is 8.72. The van der Waals surface area contributed by atoms with E-state index in [1.165, 1.54) is 11.1 Å². The van der Waals surface area contributed by atoms with Gasteiger partial charge in [-0.2, -0.15) is 0 Å². The SMILES string of the molecule is Cc1c(CC2(N)CC2)ccc2c1OCCCO2. The Balaban J connectivity index is 1.93. The first-order valence-corrected chi connectivity index (χ1v) is 6.35. The molecule has 3 heteroatoms. The van der Waals surface area contributed by atoms with Crippen LogP contribution in [0.1, 0.15) is 30.4 Å². The predicted molar refractivity (Wildman–Crippen MR) is 66.6 cm³/mol. The van der Waals surface area contributed by atoms with Gasteiger partial charge in [-0.15, -0.1) is 0 Å². The van der Waals surface area contributed by atoms with Crippen LogP contribution in [0, 0.1) is 6.92 Å². The summed E-state index contributed by atoms with van der Waals surface area (Å²) in [6.07, 6.45) is 4.18. The third kappa shape index (κ3) is 2.12. The molecule has 0 aromatic heterocycles. The van der Waals surface area contributed by atoms with Gasteiger partial charge >= 0.3 is 0 Å². The van der Waals surface area contributed by atoms with E-state index in [2.05, 4.69) is 13.0 Å². The molecule has 92 valence electrons. The second-order valence-electron chi connectivity index (χ2n) is 5.27. The van der Waals surface area contributed by atoms with Gasteiger partial charge in [0.15, 0.2) is 11.5 Å². The van der Waals surface area contributed by atoms with E-state index < -0.39 is 0 Å². The minimum atomic E-state index is 0.0462. The van der Waals surface area contributed by atoms with Crippen molar-refractivity contribution in [3.8, 4) is 11.5 Å². The Hall–Kier alpha value is -1.22. The fourth-order valence-electron chi connectivity index (χ4n) is 2.32. The number of nitrogens with two attached hydrogens (primary N) is 1. The zero-order chi connectivity index (χ0) is 11.9. The number of fused-ring (bicyclic) bond motifs is 1. The Kier molecular flexibility index (Phi) is 2.51. The van der Waals surface area contributed by atoms with Gasteiger partial charge in [-0.3, -0.25) is 0 Å². The number of hydrogen-bond donors (Lipinski definition) is 1. The van der Waals surface area contributed by atoms with Crippen LogP contribution >= 0.6 is 0 Å². The highest BCUT2D eigenvalue weighted by atomic mass is 16.5. The van der Waals surface area contributed by atoms with Gasteiger partial charge < -0.3 is 15.2 Å². The van der Waals surface area contributed by atoms with E-state index in [4.69, 9.17) is 15.2 Å². The lowest BCUT2D eigenvalue weighted by atomic mass is 9.99. The van der Waals surface area contributed by atoms with E-state index in [-0.39, 0.29) is 5.54 Å². The zero-order valence-electron chi connectivity index (χ0n) is 10.3. The van der Waals surface area contributed by atoms with E-state index in [0.717, 1.165) is 50.4 Å². The molecule has 2 aliphatic rings. The second-order valence-corrected chi connectivity index (χ2v) is 5.27. The van der Waals surface area contributed by atoms with Crippen LogP contribution in [-0.4, -0.2) is 18.8 Å². The molecule has 0 bridgehead atoms. The fourth-order valence-corrected chi connectivity index (χ4v) is 2.32. The summed E-state index contributed by atoms with van der Waals surface area (Å²) < 4.78 is 11.5. The average Bonchev–Trinajstić information content (AvgIpc) is 3.06. The van der Waals surface area contributed by atoms with Crippen LogP contribution in [0.25, 0.3) is 0 Å². The van der Waals surface area contributed by atoms with E-state index in [1.54, 1.807) is 0 Å². The topological polar surface area (TPSA) is 44.5 Å². The van der Waals surface area contributed by atoms with Crippen LogP contribution in [0.5, 0.6) is 11.5 Å². The summed E-state index contributed by atoms with van der Waals surface area (Å²) in [5.74, 6) is 1.80. The molecule has 3 nitrogen and oxygen atoms in total. The molecule has 0 radical (unpaired) electrons. The van der Waals surface area contributed by atoms with Crippen molar-refractivity contribution in [3.63, 3.8) is 0 Å². The molecule has 0 unspecified atom stereocenters. The van der Waals surface area contributed by atoms with Crippen molar-refractivity contribution in [2.75, 3.05) is 13.2 Å². The quantitative estimate of drug-likeness (QED) is 0.851. The smallest absolute Gasteiger partial charge is 0.164 e. The van der Waals surface area contributed by atoms with E-state index in [1.807, 2.05) is 6.07 Å². The van der Waals surface area contributed by atoms with Crippen LogP contribution < -0.4 is 15.2 Å². The lowest BCUT2D eigenvalue weighted by molar-refractivity contribution is 0.296. The van der Waals surface area contributed by atoms with E-state index in [0.29, 0.717) is 0 Å². The summed E-state index contributed by atoms with van der Waals surface area (Å²) in [6.45, 7) is 3.59. The van der Waals surface area contributed by atoms with Crippen molar-refractivity contribution >= 4 is 0 Å². The second kappa shape index (κ2) is 3.91. The van der Waals surface area contributed by atoms with Gasteiger partial charge in [-0.25, -0.2) is 0 Å². The first-order valence-electron chi connectivity index (χ1n) is 6.35. The minimum absolute atomic E-state index is 0.0462. The van der Waals surface area contributed by atoms with Crippen LogP contribution in [0.2, 0.25) is 0 Å². The number of rotatable bonds is 2. The molecular formula is C14H19NO2. The van der Waals surface area contributed by atoms with Crippen LogP contribution in [-0.2, 0) is 6.42 Å². The highest BCUT2D eigenvalue weighted by Gasteiger charge is 2.38. The molecule has 1 saturated carbocycles. The maximum atomic E-state index is 6.18. The van der Waals surface area contributed by atoms with Gasteiger partial charge in [0.25, 0.3) is 0 Å². The van der Waals surface area contributed by atoms with Gasteiger partial charge in [0, 0.05) is 12.0 Å². The Morgan fingerprint density at radius 3 is 2.76 bits per heavy atom. The molecule has 1 aromatic carbocycles. The Morgan fingerprint density at radius 2 is 2.00 bits per heavy atom. The maximum Gasteiger partial charge on any atom is 0.164 e. The summed E-state index contributed by atoms with van der Waals surface area (Å²) in [7, 11) is 0. The maximum absolute atomic E-state index is 6.18. The summed E-state index contributed by atoms with van der Waals surface area (Å²) in [6, 6.07) is 4.16. The van der Waals surface area contributed by atoms with Crippen molar-refractivity contribution in [3.05, 3.63) is 23.3 Å². The third-order valence-electron chi connectivity index (χ3n) is 3.71. The molecule has 1 aromatic rings. The fraction of sp³-hybridized carbons (Fsp3) is 0.571. The minimum Gasteiger partial charge on any atom is -0.490 e. The first kappa shape index (κ1) is 10.9. The Bertz CT molecular complexity index is 438. The highest BCUT2D eigenvalue weighted by molar-refractivity contribution is 5.51. The molecule has 0 saturated heterocycles. The Labute approximate surface area is 102 Å². The normalized spacial score (nSPS) is 20.8. The number of benzene rings is 1. The van der Waals surface area contributed by atoms with Gasteiger partial charge in [-0.05, 0) is 43.4 Å². The number of hydrogen-bond acceptors (Lipinski definition) is 3. The van der Waals surface area contributed by atoms with Crippen molar-refractivity contribution in [1.29, 1.82) is 0 Å². The molecule has 3 rings (SSSR count). The predicted octanol–water partition coefficient (Wildman–Crippen LogP) is 2.19. The molecular weight excluding hydrogens is 214 g/mol. The molecule has 0 amide bonds. The molecule has 0 atom stereocenters. The highest BCUT2D eigenvalue weighted by Crippen LogP contribution is 2.40.